The van der Waals surface area contributed by atoms with E-state index < -0.39 is 0 Å². The summed E-state index contributed by atoms with van der Waals surface area (Å²) in [5.74, 6) is 0.460. The van der Waals surface area contributed by atoms with Crippen molar-refractivity contribution in [2.75, 3.05) is 19.7 Å². The second kappa shape index (κ2) is 6.15. The summed E-state index contributed by atoms with van der Waals surface area (Å²) in [6.07, 6.45) is 2.36. The van der Waals surface area contributed by atoms with E-state index in [4.69, 9.17) is 5.73 Å². The van der Waals surface area contributed by atoms with E-state index in [1.54, 1.807) is 0 Å². The zero-order valence-corrected chi connectivity index (χ0v) is 10.3. The van der Waals surface area contributed by atoms with E-state index in [1.807, 2.05) is 0 Å². The molecular formula is C14H22N2O. The maximum absolute atomic E-state index is 9.21. The van der Waals surface area contributed by atoms with Crippen LogP contribution in [0.3, 0.4) is 0 Å². The smallest absolute Gasteiger partial charge is 0.0471 e. The Morgan fingerprint density at radius 1 is 1.35 bits per heavy atom. The Morgan fingerprint density at radius 2 is 2.18 bits per heavy atom. The molecule has 1 aromatic rings. The monoisotopic (exact) mass is 234 g/mol. The van der Waals surface area contributed by atoms with Gasteiger partial charge in [0.1, 0.15) is 0 Å². The SMILES string of the molecule is NCc1cccc(CN2CCCC(CO)C2)c1. The number of nitrogens with two attached hydrogens (primary N) is 1. The fraction of sp³-hybridized carbons (Fsp3) is 0.571. The molecule has 1 heterocycles. The van der Waals surface area contributed by atoms with Crippen LogP contribution in [0.5, 0.6) is 0 Å². The van der Waals surface area contributed by atoms with Gasteiger partial charge in [-0.1, -0.05) is 24.3 Å². The molecule has 3 N–H and O–H groups in total. The molecule has 0 radical (unpaired) electrons. The summed E-state index contributed by atoms with van der Waals surface area (Å²) in [5.41, 5.74) is 8.17. The molecule has 3 heteroatoms. The molecule has 0 spiro atoms. The van der Waals surface area contributed by atoms with Crippen LogP contribution in [0.2, 0.25) is 0 Å². The van der Waals surface area contributed by atoms with E-state index in [0.717, 1.165) is 26.1 Å². The molecule has 0 saturated carbocycles. The average molecular weight is 234 g/mol. The molecule has 1 fully saturated rings. The molecule has 3 nitrogen and oxygen atoms in total. The third-order valence-electron chi connectivity index (χ3n) is 3.49. The first-order valence-electron chi connectivity index (χ1n) is 6.43. The van der Waals surface area contributed by atoms with E-state index in [-0.39, 0.29) is 0 Å². The van der Waals surface area contributed by atoms with Gasteiger partial charge >= 0.3 is 0 Å². The molecule has 1 unspecified atom stereocenters. The first-order valence-corrected chi connectivity index (χ1v) is 6.43. The largest absolute Gasteiger partial charge is 0.396 e. The molecular weight excluding hydrogens is 212 g/mol. The molecule has 94 valence electrons. The van der Waals surface area contributed by atoms with Gasteiger partial charge in [-0.3, -0.25) is 4.90 Å². The van der Waals surface area contributed by atoms with E-state index >= 15 is 0 Å². The Kier molecular flexibility index (Phi) is 4.54. The number of aliphatic hydroxyl groups excluding tert-OH is 1. The highest BCUT2D eigenvalue weighted by molar-refractivity contribution is 5.23. The molecule has 1 saturated heterocycles. The van der Waals surface area contributed by atoms with Gasteiger partial charge < -0.3 is 10.8 Å². The molecule has 17 heavy (non-hydrogen) atoms. The summed E-state index contributed by atoms with van der Waals surface area (Å²) in [4.78, 5) is 2.43. The minimum Gasteiger partial charge on any atom is -0.396 e. The number of hydrogen-bond acceptors (Lipinski definition) is 3. The van der Waals surface area contributed by atoms with Crippen molar-refractivity contribution in [3.63, 3.8) is 0 Å². The van der Waals surface area contributed by atoms with Gasteiger partial charge in [-0.25, -0.2) is 0 Å². The summed E-state index contributed by atoms with van der Waals surface area (Å²) >= 11 is 0. The lowest BCUT2D eigenvalue weighted by Gasteiger charge is -2.31. The number of rotatable bonds is 4. The van der Waals surface area contributed by atoms with Gasteiger partial charge in [0.2, 0.25) is 0 Å². The summed E-state index contributed by atoms with van der Waals surface area (Å²) in [6.45, 7) is 4.06. The summed E-state index contributed by atoms with van der Waals surface area (Å²) in [5, 5.41) is 9.21. The minimum atomic E-state index is 0.319. The third-order valence-corrected chi connectivity index (χ3v) is 3.49. The zero-order valence-electron chi connectivity index (χ0n) is 10.3. The third kappa shape index (κ3) is 3.53. The van der Waals surface area contributed by atoms with Crippen LogP contribution in [0.25, 0.3) is 0 Å². The Bertz CT molecular complexity index is 354. The molecule has 1 aromatic carbocycles. The first kappa shape index (κ1) is 12.6. The molecule has 1 aliphatic rings. The standard InChI is InChI=1S/C14H22N2O/c15-8-12-3-1-4-13(7-12)9-16-6-2-5-14(10-16)11-17/h1,3-4,7,14,17H,2,5-6,8-11,15H2. The van der Waals surface area contributed by atoms with Gasteiger partial charge in [-0.15, -0.1) is 0 Å². The topological polar surface area (TPSA) is 49.5 Å². The van der Waals surface area contributed by atoms with Crippen LogP contribution >= 0.6 is 0 Å². The Hall–Kier alpha value is -0.900. The number of benzene rings is 1. The van der Waals surface area contributed by atoms with Crippen LogP contribution < -0.4 is 5.73 Å². The lowest BCUT2D eigenvalue weighted by atomic mass is 9.98. The second-order valence-corrected chi connectivity index (χ2v) is 4.95. The van der Waals surface area contributed by atoms with Crippen molar-refractivity contribution in [2.24, 2.45) is 11.7 Å². The lowest BCUT2D eigenvalue weighted by Crippen LogP contribution is -2.36. The fourth-order valence-corrected chi connectivity index (χ4v) is 2.56. The van der Waals surface area contributed by atoms with Crippen molar-refractivity contribution < 1.29 is 5.11 Å². The maximum Gasteiger partial charge on any atom is 0.0471 e. The maximum atomic E-state index is 9.21. The van der Waals surface area contributed by atoms with E-state index in [9.17, 15) is 5.11 Å². The van der Waals surface area contributed by atoms with Gasteiger partial charge in [0.05, 0.1) is 0 Å². The Morgan fingerprint density at radius 3 is 2.94 bits per heavy atom. The van der Waals surface area contributed by atoms with Crippen LogP contribution in [-0.4, -0.2) is 29.7 Å². The van der Waals surface area contributed by atoms with Crippen LogP contribution in [0, 0.1) is 5.92 Å². The van der Waals surface area contributed by atoms with Gasteiger partial charge in [0.15, 0.2) is 0 Å². The van der Waals surface area contributed by atoms with Crippen LogP contribution in [0.1, 0.15) is 24.0 Å². The molecule has 0 aromatic heterocycles. The van der Waals surface area contributed by atoms with E-state index in [2.05, 4.69) is 29.2 Å². The van der Waals surface area contributed by atoms with Crippen molar-refractivity contribution in [1.82, 2.24) is 4.90 Å². The van der Waals surface area contributed by atoms with Crippen molar-refractivity contribution in [2.45, 2.75) is 25.9 Å². The number of likely N-dealkylation sites (tertiary alicyclic amines) is 1. The highest BCUT2D eigenvalue weighted by Gasteiger charge is 2.18. The van der Waals surface area contributed by atoms with Gasteiger partial charge in [-0.2, -0.15) is 0 Å². The lowest BCUT2D eigenvalue weighted by molar-refractivity contribution is 0.116. The summed E-state index contributed by atoms with van der Waals surface area (Å²) in [6, 6.07) is 8.48. The zero-order chi connectivity index (χ0) is 12.1. The average Bonchev–Trinajstić information content (AvgIpc) is 2.39. The molecule has 1 aliphatic heterocycles. The molecule has 1 atom stereocenters. The van der Waals surface area contributed by atoms with Gasteiger partial charge in [-0.05, 0) is 36.4 Å². The van der Waals surface area contributed by atoms with Crippen LogP contribution in [0.4, 0.5) is 0 Å². The summed E-state index contributed by atoms with van der Waals surface area (Å²) < 4.78 is 0. The quantitative estimate of drug-likeness (QED) is 0.827. The van der Waals surface area contributed by atoms with Gasteiger partial charge in [0.25, 0.3) is 0 Å². The number of piperidine rings is 1. The predicted octanol–water partition coefficient (Wildman–Crippen LogP) is 1.35. The van der Waals surface area contributed by atoms with Crippen molar-refractivity contribution in [3.05, 3.63) is 35.4 Å². The highest BCUT2D eigenvalue weighted by Crippen LogP contribution is 2.18. The summed E-state index contributed by atoms with van der Waals surface area (Å²) in [7, 11) is 0. The van der Waals surface area contributed by atoms with E-state index in [0.29, 0.717) is 19.1 Å². The Balaban J connectivity index is 1.95. The van der Waals surface area contributed by atoms with E-state index in [1.165, 1.54) is 17.5 Å². The molecule has 0 bridgehead atoms. The predicted molar refractivity (Wildman–Crippen MR) is 69.4 cm³/mol. The van der Waals surface area contributed by atoms with Crippen LogP contribution in [-0.2, 0) is 13.1 Å². The second-order valence-electron chi connectivity index (χ2n) is 4.95. The first-order chi connectivity index (χ1) is 8.31. The van der Waals surface area contributed by atoms with Crippen LogP contribution in [0.15, 0.2) is 24.3 Å². The number of nitrogens with zero attached hydrogens (tertiary/aromatic N) is 1. The number of aliphatic hydroxyl groups is 1. The van der Waals surface area contributed by atoms with Gasteiger partial charge in [0, 0.05) is 26.2 Å². The fourth-order valence-electron chi connectivity index (χ4n) is 2.56. The Labute approximate surface area is 103 Å². The van der Waals surface area contributed by atoms with Crippen molar-refractivity contribution >= 4 is 0 Å². The number of hydrogen-bond donors (Lipinski definition) is 2. The molecule has 2 rings (SSSR count). The molecule has 0 aliphatic carbocycles. The van der Waals surface area contributed by atoms with Crippen molar-refractivity contribution in [3.8, 4) is 0 Å². The highest BCUT2D eigenvalue weighted by atomic mass is 16.3. The van der Waals surface area contributed by atoms with Crippen molar-refractivity contribution in [1.29, 1.82) is 0 Å². The molecule has 0 amide bonds. The minimum absolute atomic E-state index is 0.319. The normalized spacial score (nSPS) is 21.6.